The van der Waals surface area contributed by atoms with Gasteiger partial charge in [-0.2, -0.15) is 13.2 Å². The molecular weight excluding hydrogens is 1340 g/mol. The predicted molar refractivity (Wildman–Crippen MR) is 384 cm³/mol. The molecule has 8 heterocycles. The molecule has 1 N–H and O–H groups in total. The first kappa shape index (κ1) is 66.5. The van der Waals surface area contributed by atoms with Gasteiger partial charge < -0.3 is 28.7 Å². The number of nitrogens with zero attached hydrogens (tertiary/aromatic N) is 10. The lowest BCUT2D eigenvalue weighted by molar-refractivity contribution is -0.189. The summed E-state index contributed by atoms with van der Waals surface area (Å²) < 4.78 is 72.3. The molecule has 22 heteroatoms. The maximum atomic E-state index is 16.0. The number of carbonyl (C=O) groups excluding carboxylic acids is 4. The van der Waals surface area contributed by atoms with Gasteiger partial charge in [0.05, 0.1) is 19.8 Å². The number of ether oxygens (including phenoxy) is 4. The zero-order valence-corrected chi connectivity index (χ0v) is 56.9. The molecule has 0 unspecified atom stereocenters. The molecule has 7 aliphatic rings. The second-order valence-electron chi connectivity index (χ2n) is 27.8. The first-order valence-electron chi connectivity index (χ1n) is 35.2. The quantitative estimate of drug-likeness (QED) is 0.0903. The second kappa shape index (κ2) is 27.1. The van der Waals surface area contributed by atoms with Crippen LogP contribution in [0.5, 0.6) is 0 Å². The van der Waals surface area contributed by atoms with Gasteiger partial charge in [0, 0.05) is 105 Å². The standard InChI is InChI=1S/C83H70F3N11O8/c84-83(85,86)79(101)97-52-65-34-32-62(59-28-15-19-54(43-59)48-81-70(103-73(88-81)56-21-7-2-8-22-56)66-30-14-13-27-63(66)50-95(76(81)98)36-35-69-90-92-93-91-69)46-68(65)72-82(78(97)100,89-75(105-72)58-25-11-4-12-26-58)49-55-20-16-29-60(44-55)61-31-33-64-51-96(38-37-94-39-41-102-42-40-94)77(99)80(47-53-17-5-1-6-18-53)71(67(64)45-61)104-74(87-80)57-23-9-3-10-24-57/h1-34,43-46,70-72H,35-42,47-52H2,(H,90,91,92,93)/t70-,71-,72-,80-,81-,82-/m0/s1. The lowest BCUT2D eigenvalue weighted by atomic mass is 9.80. The number of benzene rings is 9. The van der Waals surface area contributed by atoms with E-state index >= 15 is 27.6 Å². The van der Waals surface area contributed by atoms with Gasteiger partial charge in [-0.3, -0.25) is 29.0 Å². The van der Waals surface area contributed by atoms with Gasteiger partial charge in [-0.15, -0.1) is 5.10 Å². The largest absolute Gasteiger partial charge is 0.471 e. The van der Waals surface area contributed by atoms with Gasteiger partial charge in [-0.1, -0.05) is 182 Å². The molecule has 1 saturated heterocycles. The zero-order chi connectivity index (χ0) is 71.4. The van der Waals surface area contributed by atoms with Crippen molar-refractivity contribution in [2.45, 2.75) is 86.4 Å². The summed E-state index contributed by atoms with van der Waals surface area (Å²) in [6, 6.07) is 71.8. The Morgan fingerprint density at radius 2 is 0.876 bits per heavy atom. The van der Waals surface area contributed by atoms with Crippen molar-refractivity contribution < 1.29 is 51.3 Å². The van der Waals surface area contributed by atoms with E-state index in [1.165, 1.54) is 0 Å². The molecule has 0 radical (unpaired) electrons. The molecule has 0 saturated carbocycles. The van der Waals surface area contributed by atoms with Gasteiger partial charge in [-0.05, 0) is 115 Å². The highest BCUT2D eigenvalue weighted by molar-refractivity contribution is 6.08. The predicted octanol–water partition coefficient (Wildman–Crippen LogP) is 11.7. The Labute approximate surface area is 602 Å². The van der Waals surface area contributed by atoms with Crippen LogP contribution in [0.2, 0.25) is 0 Å². The number of imide groups is 1. The first-order valence-corrected chi connectivity index (χ1v) is 35.2. The number of aromatic amines is 1. The Hall–Kier alpha value is -11.8. The summed E-state index contributed by atoms with van der Waals surface area (Å²) in [5, 5.41) is 14.4. The molecule has 0 aliphatic carbocycles. The smallest absolute Gasteiger partial charge is 0.466 e. The molecule has 9 aromatic carbocycles. The van der Waals surface area contributed by atoms with Crippen LogP contribution in [0.15, 0.2) is 245 Å². The molecule has 10 aromatic rings. The van der Waals surface area contributed by atoms with Gasteiger partial charge in [0.15, 0.2) is 34.9 Å². The van der Waals surface area contributed by atoms with Gasteiger partial charge in [0.1, 0.15) is 5.82 Å². The van der Waals surface area contributed by atoms with E-state index in [0.717, 1.165) is 57.6 Å². The number of tetrazole rings is 1. The summed E-state index contributed by atoms with van der Waals surface area (Å²) in [4.78, 5) is 83.7. The monoisotopic (exact) mass is 1410 g/mol. The Morgan fingerprint density at radius 3 is 1.39 bits per heavy atom. The van der Waals surface area contributed by atoms with Gasteiger partial charge in [0.25, 0.3) is 17.7 Å². The first-order chi connectivity index (χ1) is 51.2. The lowest BCUT2D eigenvalue weighted by Crippen LogP contribution is -2.54. The molecule has 4 amide bonds. The fraction of sp³-hybridized carbons (Fsp3) is 0.253. The topological polar surface area (TPSA) is 210 Å². The maximum absolute atomic E-state index is 16.0. The molecule has 0 bridgehead atoms. The Balaban J connectivity index is 0.755. The van der Waals surface area contributed by atoms with Crippen LogP contribution in [0.1, 0.15) is 90.9 Å². The number of nitrogens with one attached hydrogen (secondary N) is 1. The van der Waals surface area contributed by atoms with Crippen molar-refractivity contribution in [3.05, 3.63) is 303 Å². The van der Waals surface area contributed by atoms with Crippen LogP contribution in [-0.4, -0.2) is 150 Å². The molecule has 19 nitrogen and oxygen atoms in total. The number of halogens is 3. The fourth-order valence-electron chi connectivity index (χ4n) is 16.0. The third-order valence-electron chi connectivity index (χ3n) is 21.2. The van der Waals surface area contributed by atoms with Crippen LogP contribution < -0.4 is 0 Å². The van der Waals surface area contributed by atoms with Crippen LogP contribution >= 0.6 is 0 Å². The highest BCUT2D eigenvalue weighted by atomic mass is 19.4. The van der Waals surface area contributed by atoms with Gasteiger partial charge in [0.2, 0.25) is 17.7 Å². The Bertz CT molecular complexity index is 5100. The third kappa shape index (κ3) is 12.4. The second-order valence-corrected chi connectivity index (χ2v) is 27.8. The highest BCUT2D eigenvalue weighted by Crippen LogP contribution is 2.52. The molecule has 1 aromatic heterocycles. The normalized spacial score (nSPS) is 22.6. The van der Waals surface area contributed by atoms with Crippen molar-refractivity contribution in [2.75, 3.05) is 45.9 Å². The average Bonchev–Trinajstić information content (AvgIpc) is 1.58. The summed E-state index contributed by atoms with van der Waals surface area (Å²) in [7, 11) is 0. The van der Waals surface area contributed by atoms with Crippen molar-refractivity contribution >= 4 is 41.3 Å². The molecule has 17 rings (SSSR count). The van der Waals surface area contributed by atoms with E-state index in [1.54, 1.807) is 59.5 Å². The number of alkyl halides is 3. The number of amides is 4. The van der Waals surface area contributed by atoms with Crippen molar-refractivity contribution in [3.63, 3.8) is 0 Å². The number of hydrogen-bond acceptors (Lipinski definition) is 15. The third-order valence-corrected chi connectivity index (χ3v) is 21.2. The van der Waals surface area contributed by atoms with Gasteiger partial charge in [-0.25, -0.2) is 20.1 Å². The van der Waals surface area contributed by atoms with Crippen LogP contribution in [-0.2, 0) is 83.4 Å². The van der Waals surface area contributed by atoms with Crippen LogP contribution in [0.3, 0.4) is 0 Å². The number of hydrogen-bond donors (Lipinski definition) is 1. The minimum atomic E-state index is -5.46. The highest BCUT2D eigenvalue weighted by Gasteiger charge is 2.62. The number of fused-ring (bicyclic) bond motifs is 9. The molecule has 6 atom stereocenters. The van der Waals surface area contributed by atoms with E-state index in [4.69, 9.17) is 33.9 Å². The van der Waals surface area contributed by atoms with E-state index in [2.05, 4.69) is 25.5 Å². The SMILES string of the molecule is O=C(N1Cc2ccc(-c3cccc(C[C@]45N=C(c6ccccc6)O[C@H]4c4ccccc4CN(CCc4nnn[nH]4)C5=O)c3)cc2[C@@H]2OC(c3ccccc3)=N[C@]2(Cc2cccc(-c3ccc4c(c3)[C@@H]3OC(c5ccccc5)=N[C@]3(Cc3ccccc3)C(=O)N(CCN3CCOCC3)C4)c2)C1=O)C(F)(F)F. The number of rotatable bonds is 17. The summed E-state index contributed by atoms with van der Waals surface area (Å²) in [6.45, 7) is 3.85. The van der Waals surface area contributed by atoms with Crippen LogP contribution in [0.25, 0.3) is 22.3 Å². The zero-order valence-electron chi connectivity index (χ0n) is 56.9. The van der Waals surface area contributed by atoms with E-state index in [1.807, 2.05) is 181 Å². The number of H-pyrrole nitrogens is 1. The molecule has 7 aliphatic heterocycles. The minimum Gasteiger partial charge on any atom is -0.466 e. The van der Waals surface area contributed by atoms with Crippen LogP contribution in [0.4, 0.5) is 13.2 Å². The summed E-state index contributed by atoms with van der Waals surface area (Å²) in [5.74, 6) is -2.78. The fourth-order valence-corrected chi connectivity index (χ4v) is 16.0. The van der Waals surface area contributed by atoms with E-state index in [9.17, 15) is 4.79 Å². The van der Waals surface area contributed by atoms with E-state index in [-0.39, 0.29) is 67.1 Å². The van der Waals surface area contributed by atoms with E-state index in [0.29, 0.717) is 89.3 Å². The van der Waals surface area contributed by atoms with Crippen molar-refractivity contribution in [1.82, 2.24) is 40.2 Å². The molecule has 1 fully saturated rings. The number of aliphatic imine (C=N–C) groups is 3. The Kier molecular flexibility index (Phi) is 17.2. The van der Waals surface area contributed by atoms with Crippen molar-refractivity contribution in [3.8, 4) is 22.3 Å². The van der Waals surface area contributed by atoms with E-state index < -0.39 is 59.5 Å². The molecule has 105 heavy (non-hydrogen) atoms. The molecule has 0 spiro atoms. The van der Waals surface area contributed by atoms with Crippen molar-refractivity contribution in [1.29, 1.82) is 0 Å². The van der Waals surface area contributed by atoms with Crippen LogP contribution in [0, 0.1) is 0 Å². The van der Waals surface area contributed by atoms with Crippen molar-refractivity contribution in [2.24, 2.45) is 15.0 Å². The number of carbonyl (C=O) groups is 4. The summed E-state index contributed by atoms with van der Waals surface area (Å²) in [5.41, 5.74) is 5.42. The average molecular weight is 1410 g/mol. The number of morpholine rings is 1. The molecule has 526 valence electrons. The Morgan fingerprint density at radius 1 is 0.448 bits per heavy atom. The number of aromatic nitrogens is 4. The lowest BCUT2D eigenvalue weighted by Gasteiger charge is -2.34. The maximum Gasteiger partial charge on any atom is 0.471 e. The molecular formula is C83H70F3N11O8. The summed E-state index contributed by atoms with van der Waals surface area (Å²) in [6.07, 6.45) is -8.24. The van der Waals surface area contributed by atoms with Gasteiger partial charge >= 0.3 is 12.1 Å². The minimum absolute atomic E-state index is 0.000824. The summed E-state index contributed by atoms with van der Waals surface area (Å²) >= 11 is 0.